The third kappa shape index (κ3) is 25.4. The summed E-state index contributed by atoms with van der Waals surface area (Å²) in [6, 6.07) is 96.5. The SMILES string of the molecule is CC(=O)N[C@H]1[C@H](OC[C@H]2O[C@H](O[C@H](C)[C@H](NC(=O)OCC3c4ccccc4-c4ccccc43)C(=O)O)[C@H](N=[N+]=[N-])[C@@H](O[C@@H]3O[C@H](COCc4ccccc4)[C@H](OCc4ccccc4)[C@H](OCc4ccccc4)[C@H]3OCc3ccccc3)[C@H]2O)O[C@H](COCc2ccccc2)[C@@H](O[C@@H]2O[C@@H]3COC(c4ccccc4)O[C@@H]3[C@H](OCc3ccccc3)[C@H]2OCc2ccccc2)[C@@H]1OCc1ccccc1. The normalized spacial score (nSPS) is 26.7. The van der Waals surface area contributed by atoms with Gasteiger partial charge in [0.05, 0.1) is 85.4 Å². The minimum absolute atomic E-state index is 0.0207. The van der Waals surface area contributed by atoms with Gasteiger partial charge in [0.1, 0.15) is 104 Å². The summed E-state index contributed by atoms with van der Waals surface area (Å²) >= 11 is 0. The fourth-order valence-electron chi connectivity index (χ4n) is 18.2. The Morgan fingerprint density at radius 2 is 0.810 bits per heavy atom. The molecule has 5 heterocycles. The number of rotatable bonds is 43. The van der Waals surface area contributed by atoms with Gasteiger partial charge in [0.25, 0.3) is 0 Å². The molecule has 1 aliphatic carbocycles. The van der Waals surface area contributed by atoms with Crippen LogP contribution in [0.2, 0.25) is 0 Å². The van der Waals surface area contributed by atoms with E-state index in [0.717, 1.165) is 72.3 Å². The first-order valence-electron chi connectivity index (χ1n) is 46.3. The number of carboxylic acids is 1. The number of nitrogens with one attached hydrogen (secondary N) is 2. The molecule has 29 nitrogen and oxygen atoms in total. The minimum Gasteiger partial charge on any atom is -0.480 e. The fraction of sp³-hybridized carbons (Fsp3) is 0.361. The lowest BCUT2D eigenvalue weighted by Crippen LogP contribution is -2.69. The van der Waals surface area contributed by atoms with Crippen LogP contribution < -0.4 is 10.6 Å². The molecule has 23 atom stereocenters. The molecule has 0 bridgehead atoms. The topological polar surface area (TPSA) is 340 Å². The highest BCUT2D eigenvalue weighted by Crippen LogP contribution is 2.46. The van der Waals surface area contributed by atoms with Gasteiger partial charge in [-0.2, -0.15) is 0 Å². The van der Waals surface area contributed by atoms with Gasteiger partial charge in [-0.15, -0.1) is 0 Å². The van der Waals surface area contributed by atoms with Crippen molar-refractivity contribution in [1.29, 1.82) is 0 Å². The summed E-state index contributed by atoms with van der Waals surface area (Å²) in [6.07, 6.45) is -27.5. The molecule has 4 N–H and O–H groups in total. The monoisotopic (exact) mass is 1860 g/mol. The number of hydrogen-bond donors (Lipinski definition) is 4. The molecule has 29 heteroatoms. The highest BCUT2D eigenvalue weighted by atomic mass is 16.8. The second kappa shape index (κ2) is 48.5. The number of hydrogen-bond acceptors (Lipinski definition) is 24. The Hall–Kier alpha value is -11.8. The maximum absolute atomic E-state index is 14.4. The Kier molecular flexibility index (Phi) is 34.3. The zero-order valence-electron chi connectivity index (χ0n) is 75.9. The predicted molar refractivity (Wildman–Crippen MR) is 499 cm³/mol. The summed E-state index contributed by atoms with van der Waals surface area (Å²) in [6.45, 7) is 1.85. The van der Waals surface area contributed by atoms with Crippen LogP contribution in [-0.4, -0.2) is 196 Å². The van der Waals surface area contributed by atoms with Gasteiger partial charge in [0.2, 0.25) is 5.91 Å². The molecule has 11 aromatic carbocycles. The van der Waals surface area contributed by atoms with E-state index in [1.165, 1.54) is 13.8 Å². The Morgan fingerprint density at radius 1 is 0.416 bits per heavy atom. The fourth-order valence-corrected chi connectivity index (χ4v) is 18.2. The second-order valence-corrected chi connectivity index (χ2v) is 34.5. The van der Waals surface area contributed by atoms with Crippen molar-refractivity contribution in [2.45, 2.75) is 214 Å². The van der Waals surface area contributed by atoms with Gasteiger partial charge in [-0.1, -0.05) is 327 Å². The zero-order chi connectivity index (χ0) is 94.0. The van der Waals surface area contributed by atoms with Crippen molar-refractivity contribution in [3.8, 4) is 11.1 Å². The lowest BCUT2D eigenvalue weighted by atomic mass is 9.94. The van der Waals surface area contributed by atoms with Crippen LogP contribution in [0.1, 0.15) is 87.3 Å². The molecule has 17 rings (SSSR count). The first-order valence-corrected chi connectivity index (χ1v) is 46.3. The van der Waals surface area contributed by atoms with Crippen molar-refractivity contribution in [3.63, 3.8) is 0 Å². The number of azide groups is 1. The molecule has 1 unspecified atom stereocenters. The quantitative estimate of drug-likeness (QED) is 0.0157. The average molecular weight is 1870 g/mol. The molecule has 137 heavy (non-hydrogen) atoms. The Labute approximate surface area is 795 Å². The van der Waals surface area contributed by atoms with E-state index in [9.17, 15) is 30.1 Å². The van der Waals surface area contributed by atoms with Crippen LogP contribution in [0.3, 0.4) is 0 Å². The molecule has 2 amide bonds. The van der Waals surface area contributed by atoms with Crippen molar-refractivity contribution in [3.05, 3.63) is 393 Å². The van der Waals surface area contributed by atoms with Gasteiger partial charge < -0.3 is 111 Å². The average Bonchev–Trinajstić information content (AvgIpc) is 0.759. The van der Waals surface area contributed by atoms with E-state index < -0.39 is 172 Å². The highest BCUT2D eigenvalue weighted by Gasteiger charge is 2.59. The van der Waals surface area contributed by atoms with E-state index in [1.807, 2.05) is 322 Å². The summed E-state index contributed by atoms with van der Waals surface area (Å²) in [5, 5.41) is 35.0. The van der Waals surface area contributed by atoms with E-state index in [0.29, 0.717) is 0 Å². The third-order valence-corrected chi connectivity index (χ3v) is 25.0. The number of aliphatic carboxylic acids is 1. The van der Waals surface area contributed by atoms with Gasteiger partial charge in [0, 0.05) is 23.3 Å². The zero-order valence-corrected chi connectivity index (χ0v) is 75.9. The first-order chi connectivity index (χ1) is 67.3. The molecule has 5 saturated heterocycles. The molecule has 5 fully saturated rings. The van der Waals surface area contributed by atoms with Crippen molar-refractivity contribution in [1.82, 2.24) is 10.6 Å². The second-order valence-electron chi connectivity index (χ2n) is 34.5. The number of aliphatic hydroxyl groups excluding tert-OH is 1. The van der Waals surface area contributed by atoms with Crippen LogP contribution in [0.5, 0.6) is 0 Å². The Bertz CT molecular complexity index is 5570. The molecule has 0 aromatic heterocycles. The number of carboxylic acid groups (broad SMARTS) is 1. The number of ether oxygens (including phenoxy) is 19. The molecular weight excluding hydrogens is 1750 g/mol. The summed E-state index contributed by atoms with van der Waals surface area (Å²) in [7, 11) is 0. The molecule has 0 spiro atoms. The lowest BCUT2D eigenvalue weighted by molar-refractivity contribution is -0.392. The molecular formula is C108H113N5O24. The van der Waals surface area contributed by atoms with Crippen LogP contribution >= 0.6 is 0 Å². The number of nitrogens with zero attached hydrogens (tertiary/aromatic N) is 3. The maximum atomic E-state index is 14.4. The number of benzene rings is 11. The van der Waals surface area contributed by atoms with E-state index in [4.69, 9.17) is 90.0 Å². The van der Waals surface area contributed by atoms with Crippen LogP contribution in [0, 0.1) is 0 Å². The molecule has 0 saturated carbocycles. The number of alkyl carbamates (subject to hydrolysis) is 1. The van der Waals surface area contributed by atoms with Crippen LogP contribution in [0.4, 0.5) is 4.79 Å². The number of carbonyl (C=O) groups excluding carboxylic acids is 2. The smallest absolute Gasteiger partial charge is 0.407 e. The number of amides is 2. The third-order valence-electron chi connectivity index (χ3n) is 25.0. The highest BCUT2D eigenvalue weighted by molar-refractivity contribution is 5.81. The molecule has 11 aromatic rings. The first kappa shape index (κ1) is 96.8. The van der Waals surface area contributed by atoms with Crippen molar-refractivity contribution in [2.75, 3.05) is 33.0 Å². The van der Waals surface area contributed by atoms with Gasteiger partial charge in [0.15, 0.2) is 37.5 Å². The summed E-state index contributed by atoms with van der Waals surface area (Å²) in [5.74, 6) is -2.51. The van der Waals surface area contributed by atoms with Crippen molar-refractivity contribution in [2.24, 2.45) is 5.11 Å². The van der Waals surface area contributed by atoms with Crippen LogP contribution in [-0.2, 0) is 152 Å². The van der Waals surface area contributed by atoms with Crippen LogP contribution in [0.15, 0.2) is 327 Å². The molecule has 0 radical (unpaired) electrons. The Balaban J connectivity index is 0.737. The van der Waals surface area contributed by atoms with Crippen molar-refractivity contribution >= 4 is 18.0 Å². The molecule has 714 valence electrons. The van der Waals surface area contributed by atoms with Crippen LogP contribution in [0.25, 0.3) is 21.6 Å². The molecule has 6 aliphatic rings. The van der Waals surface area contributed by atoms with Crippen molar-refractivity contribution < 1.29 is 115 Å². The van der Waals surface area contributed by atoms with Gasteiger partial charge >= 0.3 is 12.1 Å². The number of aliphatic hydroxyl groups is 1. The lowest BCUT2D eigenvalue weighted by Gasteiger charge is -2.52. The van der Waals surface area contributed by atoms with Gasteiger partial charge in [-0.25, -0.2) is 9.59 Å². The summed E-state index contributed by atoms with van der Waals surface area (Å²) in [5.41, 5.74) is 22.0. The summed E-state index contributed by atoms with van der Waals surface area (Å²) < 4.78 is 133. The Morgan fingerprint density at radius 3 is 1.28 bits per heavy atom. The van der Waals surface area contributed by atoms with E-state index in [-0.39, 0.29) is 79.3 Å². The number of fused-ring (bicyclic) bond motifs is 4. The van der Waals surface area contributed by atoms with E-state index in [1.54, 1.807) is 0 Å². The largest absolute Gasteiger partial charge is 0.480 e. The standard InChI is InChI=1S/C108H113N5O24/c1-69(89(102(116)117)111-108(118)129-64-84-82-54-32-30-52-80(82)81-53-31-33-55-83(81)84)130-105-91(112-113-109)96(137-107-100(125-62-77-46-24-9-25-47-77)98(123-60-75-42-20-7-21-43-75)93(121-58-73-38-16-5-17-39-73)86(133-107)65-119-56-71-34-12-3-13-35-71)92(115)85(131-105)67-128-104-90(110-70(2)114)97(122-59-74-40-18-6-19-41-74)94(87(132-104)66-120-57-72-36-14-4-15-37-72)136-106-101(126-63-78-48-26-10-27-49-78)99(124-61-76-44-22-8-23-45-76)95-88(134-106)68-127-103(135-95)79-50-28-11-29-51-79/h3-55,69,84-101,103-107,115H,56-68H2,1-2H3,(H,110,114)(H,111,118)(H,116,117)/t69-,85-,86-,87-,88-,89+,90-,91-,92+,93+,94-,95+,96-,97-,98+,99+,100-,101-,103?,104-,105+,106+,107+/m1/s1. The van der Waals surface area contributed by atoms with E-state index >= 15 is 0 Å². The maximum Gasteiger partial charge on any atom is 0.407 e. The minimum atomic E-state index is -1.96. The molecule has 5 aliphatic heterocycles. The van der Waals surface area contributed by atoms with Gasteiger partial charge in [-0.05, 0) is 79.2 Å². The van der Waals surface area contributed by atoms with Gasteiger partial charge in [-0.3, -0.25) is 4.79 Å². The van der Waals surface area contributed by atoms with E-state index in [2.05, 4.69) is 20.7 Å². The predicted octanol–water partition coefficient (Wildman–Crippen LogP) is 15.7. The number of carbonyl (C=O) groups is 3. The summed E-state index contributed by atoms with van der Waals surface area (Å²) in [4.78, 5) is 46.0.